The summed E-state index contributed by atoms with van der Waals surface area (Å²) in [4.78, 5) is 16.3. The number of carboxylic acid groups (broad SMARTS) is 1. The molecular formula is C15H16N2O2S. The second kappa shape index (κ2) is 7.57. The topological polar surface area (TPSA) is 62.2 Å². The van der Waals surface area contributed by atoms with Crippen molar-refractivity contribution >= 4 is 23.4 Å². The molecule has 0 unspecified atom stereocenters. The second-order valence-electron chi connectivity index (χ2n) is 4.24. The number of aliphatic carboxylic acids is 1. The van der Waals surface area contributed by atoms with E-state index in [1.54, 1.807) is 12.3 Å². The van der Waals surface area contributed by atoms with Crippen LogP contribution in [0, 0.1) is 0 Å². The first-order valence-electron chi connectivity index (χ1n) is 6.33. The minimum absolute atomic E-state index is 0.347. The summed E-state index contributed by atoms with van der Waals surface area (Å²) in [6.45, 7) is 1.05. The Bertz CT molecular complexity index is 565. The Balaban J connectivity index is 1.83. The van der Waals surface area contributed by atoms with Crippen molar-refractivity contribution in [3.63, 3.8) is 0 Å². The third-order valence-corrected chi connectivity index (χ3v) is 3.55. The maximum Gasteiger partial charge on any atom is 0.332 e. The van der Waals surface area contributed by atoms with E-state index in [1.165, 1.54) is 11.3 Å². The van der Waals surface area contributed by atoms with Crippen LogP contribution in [0.3, 0.4) is 0 Å². The molecule has 2 aromatic rings. The molecule has 0 aromatic carbocycles. The van der Waals surface area contributed by atoms with Gasteiger partial charge in [0.25, 0.3) is 0 Å². The highest BCUT2D eigenvalue weighted by Crippen LogP contribution is 2.13. The molecule has 2 rings (SSSR count). The Morgan fingerprint density at radius 3 is 2.90 bits per heavy atom. The predicted octanol–water partition coefficient (Wildman–Crippen LogP) is 2.44. The first-order valence-corrected chi connectivity index (χ1v) is 7.21. The summed E-state index contributed by atoms with van der Waals surface area (Å²) in [5.74, 6) is -0.885. The molecule has 0 bridgehead atoms. The lowest BCUT2D eigenvalue weighted by Crippen LogP contribution is -2.23. The fourth-order valence-electron chi connectivity index (χ4n) is 1.72. The Kier molecular flexibility index (Phi) is 5.46. The molecular weight excluding hydrogens is 272 g/mol. The zero-order chi connectivity index (χ0) is 14.2. The van der Waals surface area contributed by atoms with Crippen LogP contribution < -0.4 is 5.32 Å². The van der Waals surface area contributed by atoms with Gasteiger partial charge in [-0.3, -0.25) is 4.98 Å². The van der Waals surface area contributed by atoms with Crippen molar-refractivity contribution in [2.45, 2.75) is 6.42 Å². The van der Waals surface area contributed by atoms with Gasteiger partial charge in [-0.25, -0.2) is 4.79 Å². The molecule has 2 aromatic heterocycles. The van der Waals surface area contributed by atoms with E-state index in [1.807, 2.05) is 35.7 Å². The summed E-state index contributed by atoms with van der Waals surface area (Å²) in [6, 6.07) is 9.60. The van der Waals surface area contributed by atoms with Crippen molar-refractivity contribution < 1.29 is 9.90 Å². The standard InChI is InChI=1S/C15H16N2O2S/c18-15(19)12(10-14-5-3-9-20-14)11-16-8-6-13-4-1-2-7-17-13/h1-5,7,9-10,16H,6,8,11H2,(H,18,19)/b12-10+. The lowest BCUT2D eigenvalue weighted by molar-refractivity contribution is -0.132. The zero-order valence-corrected chi connectivity index (χ0v) is 11.8. The molecule has 5 heteroatoms. The van der Waals surface area contributed by atoms with Gasteiger partial charge in [-0.15, -0.1) is 11.3 Å². The van der Waals surface area contributed by atoms with Crippen LogP contribution in [0.5, 0.6) is 0 Å². The quantitative estimate of drug-likeness (QED) is 0.607. The first-order chi connectivity index (χ1) is 9.75. The van der Waals surface area contributed by atoms with Gasteiger partial charge in [-0.2, -0.15) is 0 Å². The van der Waals surface area contributed by atoms with Crippen molar-refractivity contribution in [3.8, 4) is 0 Å². The number of aromatic nitrogens is 1. The third kappa shape index (κ3) is 4.60. The molecule has 20 heavy (non-hydrogen) atoms. The van der Waals surface area contributed by atoms with Crippen molar-refractivity contribution in [2.75, 3.05) is 13.1 Å². The summed E-state index contributed by atoms with van der Waals surface area (Å²) >= 11 is 1.53. The van der Waals surface area contributed by atoms with Crippen LogP contribution in [-0.4, -0.2) is 29.1 Å². The van der Waals surface area contributed by atoms with Crippen LogP contribution in [-0.2, 0) is 11.2 Å². The minimum atomic E-state index is -0.885. The number of carboxylic acids is 1. The predicted molar refractivity (Wildman–Crippen MR) is 80.7 cm³/mol. The molecule has 104 valence electrons. The monoisotopic (exact) mass is 288 g/mol. The molecule has 0 aliphatic rings. The number of hydrogen-bond acceptors (Lipinski definition) is 4. The van der Waals surface area contributed by atoms with E-state index in [4.69, 9.17) is 0 Å². The van der Waals surface area contributed by atoms with E-state index < -0.39 is 5.97 Å². The molecule has 2 N–H and O–H groups in total. The number of pyridine rings is 1. The van der Waals surface area contributed by atoms with E-state index in [2.05, 4.69) is 10.3 Å². The van der Waals surface area contributed by atoms with Crippen molar-refractivity contribution in [1.82, 2.24) is 10.3 Å². The van der Waals surface area contributed by atoms with E-state index in [-0.39, 0.29) is 0 Å². The van der Waals surface area contributed by atoms with Crippen molar-refractivity contribution in [3.05, 3.63) is 58.1 Å². The fourth-order valence-corrected chi connectivity index (χ4v) is 2.40. The van der Waals surface area contributed by atoms with Gasteiger partial charge in [0.15, 0.2) is 0 Å². The highest BCUT2D eigenvalue weighted by atomic mass is 32.1. The SMILES string of the molecule is O=C(O)/C(=C/c1cccs1)CNCCc1ccccn1. The minimum Gasteiger partial charge on any atom is -0.478 e. The van der Waals surface area contributed by atoms with E-state index in [0.29, 0.717) is 18.7 Å². The van der Waals surface area contributed by atoms with Gasteiger partial charge in [-0.05, 0) is 29.7 Å². The van der Waals surface area contributed by atoms with E-state index in [0.717, 1.165) is 17.0 Å². The maximum atomic E-state index is 11.2. The number of nitrogens with one attached hydrogen (secondary N) is 1. The Morgan fingerprint density at radius 2 is 2.25 bits per heavy atom. The summed E-state index contributed by atoms with van der Waals surface area (Å²) in [6.07, 6.45) is 4.25. The number of thiophene rings is 1. The lowest BCUT2D eigenvalue weighted by atomic mass is 10.2. The van der Waals surface area contributed by atoms with Gasteiger partial charge in [0, 0.05) is 36.3 Å². The molecule has 0 spiro atoms. The van der Waals surface area contributed by atoms with Crippen LogP contribution in [0.2, 0.25) is 0 Å². The second-order valence-corrected chi connectivity index (χ2v) is 5.22. The smallest absolute Gasteiger partial charge is 0.332 e. The Hall–Kier alpha value is -1.98. The summed E-state index contributed by atoms with van der Waals surface area (Å²) in [5.41, 5.74) is 1.37. The molecule has 0 fully saturated rings. The number of nitrogens with zero attached hydrogens (tertiary/aromatic N) is 1. The number of hydrogen-bond donors (Lipinski definition) is 2. The van der Waals surface area contributed by atoms with Gasteiger partial charge in [0.1, 0.15) is 0 Å². The first kappa shape index (κ1) is 14.4. The normalized spacial score (nSPS) is 11.5. The van der Waals surface area contributed by atoms with E-state index in [9.17, 15) is 9.90 Å². The van der Waals surface area contributed by atoms with Gasteiger partial charge < -0.3 is 10.4 Å². The van der Waals surface area contributed by atoms with Crippen LogP contribution in [0.4, 0.5) is 0 Å². The molecule has 0 aliphatic carbocycles. The van der Waals surface area contributed by atoms with Gasteiger partial charge in [0.2, 0.25) is 0 Å². The molecule has 4 nitrogen and oxygen atoms in total. The number of carbonyl (C=O) groups is 1. The largest absolute Gasteiger partial charge is 0.478 e. The average Bonchev–Trinajstić information content (AvgIpc) is 2.96. The summed E-state index contributed by atoms with van der Waals surface area (Å²) in [7, 11) is 0. The lowest BCUT2D eigenvalue weighted by Gasteiger charge is -2.05. The summed E-state index contributed by atoms with van der Waals surface area (Å²) < 4.78 is 0. The average molecular weight is 288 g/mol. The molecule has 0 atom stereocenters. The molecule has 0 radical (unpaired) electrons. The maximum absolute atomic E-state index is 11.2. The zero-order valence-electron chi connectivity index (χ0n) is 11.0. The number of rotatable bonds is 7. The molecule has 0 saturated carbocycles. The van der Waals surface area contributed by atoms with Crippen LogP contribution >= 0.6 is 11.3 Å². The van der Waals surface area contributed by atoms with Crippen LogP contribution in [0.15, 0.2) is 47.5 Å². The molecule has 0 saturated heterocycles. The van der Waals surface area contributed by atoms with Gasteiger partial charge >= 0.3 is 5.97 Å². The fraction of sp³-hybridized carbons (Fsp3) is 0.200. The van der Waals surface area contributed by atoms with Crippen LogP contribution in [0.25, 0.3) is 6.08 Å². The Morgan fingerprint density at radius 1 is 1.35 bits per heavy atom. The van der Waals surface area contributed by atoms with Crippen molar-refractivity contribution in [1.29, 1.82) is 0 Å². The molecule has 0 aliphatic heterocycles. The molecule has 2 heterocycles. The highest BCUT2D eigenvalue weighted by Gasteiger charge is 2.07. The third-order valence-electron chi connectivity index (χ3n) is 2.73. The molecule has 0 amide bonds. The Labute approximate surface area is 121 Å². The summed E-state index contributed by atoms with van der Waals surface area (Å²) in [5, 5.41) is 14.2. The van der Waals surface area contributed by atoms with Gasteiger partial charge in [0.05, 0.1) is 5.57 Å². The van der Waals surface area contributed by atoms with Crippen LogP contribution in [0.1, 0.15) is 10.6 Å². The van der Waals surface area contributed by atoms with Crippen molar-refractivity contribution in [2.24, 2.45) is 0 Å². The van der Waals surface area contributed by atoms with E-state index >= 15 is 0 Å². The highest BCUT2D eigenvalue weighted by molar-refractivity contribution is 7.10. The van der Waals surface area contributed by atoms with Gasteiger partial charge in [-0.1, -0.05) is 12.1 Å².